The zero-order chi connectivity index (χ0) is 20.4. The highest BCUT2D eigenvalue weighted by molar-refractivity contribution is 5.92. The van der Waals surface area contributed by atoms with Crippen molar-refractivity contribution in [1.82, 2.24) is 10.6 Å². The average molecular weight is 381 g/mol. The van der Waals surface area contributed by atoms with Crippen LogP contribution in [-0.2, 0) is 25.6 Å². The third-order valence-electron chi connectivity index (χ3n) is 3.71. The Labute approximate surface area is 155 Å². The van der Waals surface area contributed by atoms with Crippen LogP contribution in [0.1, 0.15) is 18.4 Å². The van der Waals surface area contributed by atoms with Gasteiger partial charge in [-0.05, 0) is 18.4 Å². The Morgan fingerprint density at radius 3 is 2.07 bits per heavy atom. The molecule has 148 valence electrons. The number of carboxylic acid groups (broad SMARTS) is 2. The molecule has 10 heteroatoms. The van der Waals surface area contributed by atoms with Crippen molar-refractivity contribution in [3.8, 4) is 0 Å². The van der Waals surface area contributed by atoms with Gasteiger partial charge in [-0.3, -0.25) is 14.4 Å². The molecule has 2 amide bonds. The predicted molar refractivity (Wildman–Crippen MR) is 93.6 cm³/mol. The fourth-order valence-electron chi connectivity index (χ4n) is 2.23. The number of rotatable bonds is 11. The molecule has 7 N–H and O–H groups in total. The number of hydrogen-bond donors (Lipinski definition) is 6. The van der Waals surface area contributed by atoms with E-state index in [1.807, 2.05) is 6.07 Å². The molecule has 0 heterocycles. The summed E-state index contributed by atoms with van der Waals surface area (Å²) in [5, 5.41) is 31.4. The molecule has 0 aliphatic carbocycles. The first-order valence-corrected chi connectivity index (χ1v) is 8.20. The number of nitrogens with two attached hydrogens (primary N) is 1. The largest absolute Gasteiger partial charge is 0.481 e. The van der Waals surface area contributed by atoms with E-state index >= 15 is 0 Å². The van der Waals surface area contributed by atoms with Gasteiger partial charge in [0.1, 0.15) is 12.1 Å². The maximum Gasteiger partial charge on any atom is 0.326 e. The lowest BCUT2D eigenvalue weighted by Crippen LogP contribution is -2.56. The smallest absolute Gasteiger partial charge is 0.326 e. The van der Waals surface area contributed by atoms with Gasteiger partial charge in [-0.25, -0.2) is 4.79 Å². The number of hydrogen-bond acceptors (Lipinski definition) is 6. The minimum absolute atomic E-state index is 0.211. The first kappa shape index (κ1) is 22.1. The fraction of sp³-hybridized carbons (Fsp3) is 0.412. The number of aliphatic carboxylic acids is 2. The minimum atomic E-state index is -1.46. The summed E-state index contributed by atoms with van der Waals surface area (Å²) in [6.45, 7) is -0.777. The molecule has 3 atom stereocenters. The lowest BCUT2D eigenvalue weighted by Gasteiger charge is -2.21. The van der Waals surface area contributed by atoms with Crippen LogP contribution in [0.2, 0.25) is 0 Å². The fourth-order valence-corrected chi connectivity index (χ4v) is 2.23. The summed E-state index contributed by atoms with van der Waals surface area (Å²) >= 11 is 0. The van der Waals surface area contributed by atoms with Crippen LogP contribution in [0.25, 0.3) is 0 Å². The van der Waals surface area contributed by atoms with Crippen LogP contribution < -0.4 is 16.4 Å². The molecule has 0 bridgehead atoms. The van der Waals surface area contributed by atoms with E-state index < -0.39 is 54.9 Å². The SMILES string of the molecule is NC(Cc1ccccc1)C(=O)NC(CO)C(=O)NC(CCC(=O)O)C(=O)O. The molecule has 10 nitrogen and oxygen atoms in total. The Kier molecular flexibility index (Phi) is 8.90. The molecule has 0 saturated carbocycles. The third kappa shape index (κ3) is 7.84. The second-order valence-electron chi connectivity index (χ2n) is 5.87. The number of carbonyl (C=O) groups is 4. The van der Waals surface area contributed by atoms with Crippen molar-refractivity contribution in [2.75, 3.05) is 6.61 Å². The number of benzene rings is 1. The van der Waals surface area contributed by atoms with Gasteiger partial charge >= 0.3 is 11.9 Å². The molecule has 3 unspecified atom stereocenters. The van der Waals surface area contributed by atoms with Crippen LogP contribution in [0.3, 0.4) is 0 Å². The summed E-state index contributed by atoms with van der Waals surface area (Å²) in [7, 11) is 0. The Morgan fingerprint density at radius 1 is 0.963 bits per heavy atom. The topological polar surface area (TPSA) is 179 Å². The van der Waals surface area contributed by atoms with Gasteiger partial charge in [-0.1, -0.05) is 30.3 Å². The van der Waals surface area contributed by atoms with E-state index in [1.165, 1.54) is 0 Å². The van der Waals surface area contributed by atoms with E-state index in [0.717, 1.165) is 5.56 Å². The quantitative estimate of drug-likeness (QED) is 0.267. The van der Waals surface area contributed by atoms with E-state index in [1.54, 1.807) is 24.3 Å². The van der Waals surface area contributed by atoms with Gasteiger partial charge in [0.2, 0.25) is 11.8 Å². The molecule has 0 spiro atoms. The summed E-state index contributed by atoms with van der Waals surface area (Å²) in [4.78, 5) is 45.9. The van der Waals surface area contributed by atoms with Crippen molar-refractivity contribution in [1.29, 1.82) is 0 Å². The highest BCUT2D eigenvalue weighted by atomic mass is 16.4. The average Bonchev–Trinajstić information content (AvgIpc) is 2.62. The molecular weight excluding hydrogens is 358 g/mol. The van der Waals surface area contributed by atoms with Gasteiger partial charge in [0.15, 0.2) is 0 Å². The Balaban J connectivity index is 2.64. The Hall–Kier alpha value is -2.98. The number of aliphatic hydroxyl groups is 1. The van der Waals surface area contributed by atoms with Crippen molar-refractivity contribution in [2.24, 2.45) is 5.73 Å². The van der Waals surface area contributed by atoms with E-state index in [9.17, 15) is 24.3 Å². The van der Waals surface area contributed by atoms with Crippen LogP contribution in [-0.4, -0.2) is 63.8 Å². The second-order valence-corrected chi connectivity index (χ2v) is 5.87. The van der Waals surface area contributed by atoms with E-state index in [-0.39, 0.29) is 12.8 Å². The number of aliphatic hydroxyl groups excluding tert-OH is 1. The molecule has 0 saturated heterocycles. The Morgan fingerprint density at radius 2 is 1.56 bits per heavy atom. The summed E-state index contributed by atoms with van der Waals surface area (Å²) in [6, 6.07) is 5.09. The third-order valence-corrected chi connectivity index (χ3v) is 3.71. The lowest BCUT2D eigenvalue weighted by molar-refractivity contribution is -0.143. The summed E-state index contributed by atoms with van der Waals surface area (Å²) in [6.07, 6.45) is -0.589. The molecular formula is C17H23N3O7. The van der Waals surface area contributed by atoms with Crippen molar-refractivity contribution in [3.05, 3.63) is 35.9 Å². The van der Waals surface area contributed by atoms with E-state index in [4.69, 9.17) is 15.9 Å². The van der Waals surface area contributed by atoms with E-state index in [2.05, 4.69) is 10.6 Å². The van der Waals surface area contributed by atoms with Crippen molar-refractivity contribution in [2.45, 2.75) is 37.4 Å². The second kappa shape index (κ2) is 10.9. The predicted octanol–water partition coefficient (Wildman–Crippen LogP) is -1.53. The van der Waals surface area contributed by atoms with Gasteiger partial charge in [-0.2, -0.15) is 0 Å². The summed E-state index contributed by atoms with van der Waals surface area (Å²) in [5.74, 6) is -4.27. The van der Waals surface area contributed by atoms with Gasteiger partial charge in [0.25, 0.3) is 0 Å². The van der Waals surface area contributed by atoms with Crippen molar-refractivity contribution >= 4 is 23.8 Å². The maximum absolute atomic E-state index is 12.1. The zero-order valence-corrected chi connectivity index (χ0v) is 14.5. The molecule has 1 aromatic carbocycles. The van der Waals surface area contributed by atoms with Gasteiger partial charge in [0.05, 0.1) is 12.6 Å². The zero-order valence-electron chi connectivity index (χ0n) is 14.5. The standard InChI is InChI=1S/C17H23N3O7/c18-11(8-10-4-2-1-3-5-10)15(24)20-13(9-21)16(25)19-12(17(26)27)6-7-14(22)23/h1-5,11-13,21H,6-9,18H2,(H,19,25)(H,20,24)(H,22,23)(H,26,27). The summed E-state index contributed by atoms with van der Waals surface area (Å²) < 4.78 is 0. The number of nitrogens with one attached hydrogen (secondary N) is 2. The monoisotopic (exact) mass is 381 g/mol. The van der Waals surface area contributed by atoms with Crippen LogP contribution in [0.15, 0.2) is 30.3 Å². The van der Waals surface area contributed by atoms with Crippen LogP contribution in [0.4, 0.5) is 0 Å². The number of carbonyl (C=O) groups excluding carboxylic acids is 2. The van der Waals surface area contributed by atoms with Gasteiger partial charge in [0, 0.05) is 6.42 Å². The summed E-state index contributed by atoms with van der Waals surface area (Å²) in [5.41, 5.74) is 6.61. The van der Waals surface area contributed by atoms with Crippen LogP contribution >= 0.6 is 0 Å². The van der Waals surface area contributed by atoms with Gasteiger partial charge < -0.3 is 31.7 Å². The first-order valence-electron chi connectivity index (χ1n) is 8.20. The van der Waals surface area contributed by atoms with Crippen molar-refractivity contribution < 1.29 is 34.5 Å². The molecule has 1 rings (SSSR count). The molecule has 0 aliphatic heterocycles. The number of amides is 2. The lowest BCUT2D eigenvalue weighted by atomic mass is 10.1. The molecule has 0 fully saturated rings. The van der Waals surface area contributed by atoms with Crippen LogP contribution in [0.5, 0.6) is 0 Å². The molecule has 0 aromatic heterocycles. The maximum atomic E-state index is 12.1. The first-order chi connectivity index (χ1) is 12.7. The Bertz CT molecular complexity index is 666. The molecule has 0 aliphatic rings. The molecule has 27 heavy (non-hydrogen) atoms. The van der Waals surface area contributed by atoms with Gasteiger partial charge in [-0.15, -0.1) is 0 Å². The molecule has 1 aromatic rings. The highest BCUT2D eigenvalue weighted by Gasteiger charge is 2.27. The minimum Gasteiger partial charge on any atom is -0.481 e. The highest BCUT2D eigenvalue weighted by Crippen LogP contribution is 2.03. The normalized spacial score (nSPS) is 13.9. The molecule has 0 radical (unpaired) electrons. The van der Waals surface area contributed by atoms with Crippen molar-refractivity contribution in [3.63, 3.8) is 0 Å². The number of carboxylic acids is 2. The van der Waals surface area contributed by atoms with Crippen LogP contribution in [0, 0.1) is 0 Å². The van der Waals surface area contributed by atoms with E-state index in [0.29, 0.717) is 0 Å².